The number of benzene rings is 1. The van der Waals surface area contributed by atoms with Gasteiger partial charge in [0.1, 0.15) is 17.1 Å². The highest BCUT2D eigenvalue weighted by Crippen LogP contribution is 2.22. The van der Waals surface area contributed by atoms with Crippen LogP contribution in [0.2, 0.25) is 0 Å². The SMILES string of the molecule is Cc1ccc(C(C)(O)CNC(=O)Cc2ccc(F)c(F)c2)o1. The van der Waals surface area contributed by atoms with Crippen molar-refractivity contribution in [2.75, 3.05) is 6.54 Å². The van der Waals surface area contributed by atoms with Crippen LogP contribution in [0.3, 0.4) is 0 Å². The zero-order valence-corrected chi connectivity index (χ0v) is 12.3. The molecule has 0 radical (unpaired) electrons. The van der Waals surface area contributed by atoms with E-state index in [2.05, 4.69) is 5.32 Å². The predicted octanol–water partition coefficient (Wildman–Crippen LogP) is 2.43. The number of furan rings is 1. The van der Waals surface area contributed by atoms with Gasteiger partial charge < -0.3 is 14.8 Å². The first-order valence-electron chi connectivity index (χ1n) is 6.78. The quantitative estimate of drug-likeness (QED) is 0.891. The predicted molar refractivity (Wildman–Crippen MR) is 76.1 cm³/mol. The van der Waals surface area contributed by atoms with Crippen molar-refractivity contribution in [1.29, 1.82) is 0 Å². The Labute approximate surface area is 126 Å². The van der Waals surface area contributed by atoms with Crippen LogP contribution < -0.4 is 5.32 Å². The van der Waals surface area contributed by atoms with E-state index in [1.807, 2.05) is 0 Å². The van der Waals surface area contributed by atoms with Gasteiger partial charge in [-0.05, 0) is 43.7 Å². The van der Waals surface area contributed by atoms with Gasteiger partial charge in [-0.2, -0.15) is 0 Å². The highest BCUT2D eigenvalue weighted by atomic mass is 19.2. The molecule has 0 saturated carbocycles. The maximum atomic E-state index is 13.1. The molecule has 22 heavy (non-hydrogen) atoms. The second-order valence-electron chi connectivity index (χ2n) is 5.39. The van der Waals surface area contributed by atoms with Crippen molar-refractivity contribution < 1.29 is 23.1 Å². The van der Waals surface area contributed by atoms with E-state index in [0.29, 0.717) is 17.1 Å². The highest BCUT2D eigenvalue weighted by molar-refractivity contribution is 5.78. The molecule has 0 aliphatic heterocycles. The van der Waals surface area contributed by atoms with Crippen LogP contribution in [0.15, 0.2) is 34.7 Å². The molecular weight excluding hydrogens is 292 g/mol. The smallest absolute Gasteiger partial charge is 0.224 e. The molecule has 1 aromatic carbocycles. The van der Waals surface area contributed by atoms with E-state index >= 15 is 0 Å². The fraction of sp³-hybridized carbons (Fsp3) is 0.312. The highest BCUT2D eigenvalue weighted by Gasteiger charge is 2.27. The first-order valence-corrected chi connectivity index (χ1v) is 6.78. The Bertz CT molecular complexity index is 680. The normalized spacial score (nSPS) is 13.7. The van der Waals surface area contributed by atoms with E-state index in [1.165, 1.54) is 13.0 Å². The number of nitrogens with one attached hydrogen (secondary N) is 1. The van der Waals surface area contributed by atoms with E-state index in [1.54, 1.807) is 19.1 Å². The van der Waals surface area contributed by atoms with Crippen LogP contribution in [-0.2, 0) is 16.8 Å². The Hall–Kier alpha value is -2.21. The lowest BCUT2D eigenvalue weighted by molar-refractivity contribution is -0.121. The number of hydrogen-bond acceptors (Lipinski definition) is 3. The van der Waals surface area contributed by atoms with Gasteiger partial charge in [-0.15, -0.1) is 0 Å². The van der Waals surface area contributed by atoms with Gasteiger partial charge in [0.15, 0.2) is 11.6 Å². The van der Waals surface area contributed by atoms with Crippen molar-refractivity contribution >= 4 is 5.91 Å². The summed E-state index contributed by atoms with van der Waals surface area (Å²) in [5.74, 6) is -1.36. The van der Waals surface area contributed by atoms with E-state index in [9.17, 15) is 18.7 Å². The number of rotatable bonds is 5. The van der Waals surface area contributed by atoms with Crippen LogP contribution >= 0.6 is 0 Å². The minimum Gasteiger partial charge on any atom is -0.463 e. The van der Waals surface area contributed by atoms with Crippen LogP contribution in [0.25, 0.3) is 0 Å². The molecule has 1 unspecified atom stereocenters. The zero-order chi connectivity index (χ0) is 16.3. The van der Waals surface area contributed by atoms with E-state index in [-0.39, 0.29) is 13.0 Å². The molecule has 0 spiro atoms. The summed E-state index contributed by atoms with van der Waals surface area (Å²) in [6, 6.07) is 6.64. The number of carbonyl (C=O) groups is 1. The molecule has 1 atom stereocenters. The molecule has 0 saturated heterocycles. The summed E-state index contributed by atoms with van der Waals surface area (Å²) in [5, 5.41) is 12.8. The number of carbonyl (C=O) groups excluding carboxylic acids is 1. The third-order valence-corrected chi connectivity index (χ3v) is 3.25. The van der Waals surface area contributed by atoms with Crippen LogP contribution in [0.1, 0.15) is 24.0 Å². The molecule has 118 valence electrons. The summed E-state index contributed by atoms with van der Waals surface area (Å²) in [5.41, 5.74) is -0.997. The van der Waals surface area contributed by atoms with Gasteiger partial charge in [0.05, 0.1) is 13.0 Å². The van der Waals surface area contributed by atoms with Crippen LogP contribution in [0.4, 0.5) is 8.78 Å². The Morgan fingerprint density at radius 3 is 2.59 bits per heavy atom. The third-order valence-electron chi connectivity index (χ3n) is 3.25. The Morgan fingerprint density at radius 2 is 2.00 bits per heavy atom. The molecule has 0 aliphatic carbocycles. The maximum absolute atomic E-state index is 13.1. The Balaban J connectivity index is 1.93. The fourth-order valence-electron chi connectivity index (χ4n) is 1.98. The van der Waals surface area contributed by atoms with E-state index in [4.69, 9.17) is 4.42 Å². The molecule has 1 aromatic heterocycles. The van der Waals surface area contributed by atoms with Crippen molar-refractivity contribution in [3.8, 4) is 0 Å². The molecule has 1 amide bonds. The first-order chi connectivity index (χ1) is 10.3. The molecule has 2 N–H and O–H groups in total. The maximum Gasteiger partial charge on any atom is 0.224 e. The summed E-state index contributed by atoms with van der Waals surface area (Å²) >= 11 is 0. The molecule has 4 nitrogen and oxygen atoms in total. The lowest BCUT2D eigenvalue weighted by Gasteiger charge is -2.21. The molecular formula is C16H17F2NO3. The summed E-state index contributed by atoms with van der Waals surface area (Å²) in [4.78, 5) is 11.8. The Kier molecular flexibility index (Phi) is 4.61. The molecule has 0 fully saturated rings. The van der Waals surface area contributed by atoms with Crippen molar-refractivity contribution in [3.63, 3.8) is 0 Å². The van der Waals surface area contributed by atoms with Gasteiger partial charge in [0, 0.05) is 0 Å². The minimum atomic E-state index is -1.35. The average molecular weight is 309 g/mol. The van der Waals surface area contributed by atoms with Crippen molar-refractivity contribution in [2.24, 2.45) is 0 Å². The average Bonchev–Trinajstić information content (AvgIpc) is 2.88. The number of halogens is 2. The zero-order valence-electron chi connectivity index (χ0n) is 12.3. The van der Waals surface area contributed by atoms with Gasteiger partial charge in [-0.3, -0.25) is 4.79 Å². The van der Waals surface area contributed by atoms with Gasteiger partial charge >= 0.3 is 0 Å². The standard InChI is InChI=1S/C16H17F2NO3/c1-10-3-6-14(22-10)16(2,21)9-19-15(20)8-11-4-5-12(17)13(18)7-11/h3-7,21H,8-9H2,1-2H3,(H,19,20). The monoisotopic (exact) mass is 309 g/mol. The topological polar surface area (TPSA) is 62.5 Å². The van der Waals surface area contributed by atoms with Gasteiger partial charge in [0.25, 0.3) is 0 Å². The van der Waals surface area contributed by atoms with Crippen molar-refractivity contribution in [1.82, 2.24) is 5.32 Å². The van der Waals surface area contributed by atoms with Crippen LogP contribution in [0, 0.1) is 18.6 Å². The van der Waals surface area contributed by atoms with E-state index in [0.717, 1.165) is 12.1 Å². The summed E-state index contributed by atoms with van der Waals surface area (Å²) in [6.07, 6.45) is -0.107. The number of amides is 1. The summed E-state index contributed by atoms with van der Waals surface area (Å²) < 4.78 is 31.2. The van der Waals surface area contributed by atoms with Gasteiger partial charge in [0.2, 0.25) is 5.91 Å². The number of aliphatic hydroxyl groups is 1. The van der Waals surface area contributed by atoms with Gasteiger partial charge in [-0.25, -0.2) is 8.78 Å². The number of hydrogen-bond donors (Lipinski definition) is 2. The first kappa shape index (κ1) is 16.2. The third kappa shape index (κ3) is 3.92. The molecule has 1 heterocycles. The molecule has 2 rings (SSSR count). The van der Waals surface area contributed by atoms with Gasteiger partial charge in [-0.1, -0.05) is 6.07 Å². The lowest BCUT2D eigenvalue weighted by atomic mass is 10.0. The van der Waals surface area contributed by atoms with Crippen molar-refractivity contribution in [2.45, 2.75) is 25.9 Å². The van der Waals surface area contributed by atoms with Crippen molar-refractivity contribution in [3.05, 3.63) is 59.1 Å². The second kappa shape index (κ2) is 6.27. The molecule has 0 bridgehead atoms. The molecule has 2 aromatic rings. The summed E-state index contributed by atoms with van der Waals surface area (Å²) in [6.45, 7) is 3.22. The summed E-state index contributed by atoms with van der Waals surface area (Å²) in [7, 11) is 0. The van der Waals surface area contributed by atoms with E-state index < -0.39 is 23.1 Å². The van der Waals surface area contributed by atoms with Crippen LogP contribution in [0.5, 0.6) is 0 Å². The van der Waals surface area contributed by atoms with Crippen LogP contribution in [-0.4, -0.2) is 17.6 Å². The number of aryl methyl sites for hydroxylation is 1. The minimum absolute atomic E-state index is 0.0531. The fourth-order valence-corrected chi connectivity index (χ4v) is 1.98. The molecule has 0 aliphatic rings. The second-order valence-corrected chi connectivity index (χ2v) is 5.39. The largest absolute Gasteiger partial charge is 0.463 e. The Morgan fingerprint density at radius 1 is 1.27 bits per heavy atom. The molecule has 6 heteroatoms. The lowest BCUT2D eigenvalue weighted by Crippen LogP contribution is -2.39.